The van der Waals surface area contributed by atoms with Crippen molar-refractivity contribution in [3.8, 4) is 0 Å². The molecular weight excluding hydrogens is 1090 g/mol. The number of nitrogens with two attached hydrogens (primary N) is 4. The average molecular weight is 1200 g/mol. The van der Waals surface area contributed by atoms with Crippen LogP contribution in [-0.4, -0.2) is 124 Å². The van der Waals surface area contributed by atoms with E-state index < -0.39 is 23.8 Å². The summed E-state index contributed by atoms with van der Waals surface area (Å²) >= 11 is 0. The van der Waals surface area contributed by atoms with E-state index in [2.05, 4.69) is 48.7 Å². The van der Waals surface area contributed by atoms with Gasteiger partial charge < -0.3 is 87.3 Å². The lowest BCUT2D eigenvalue weighted by Crippen LogP contribution is -2.34. The minimum Gasteiger partial charge on any atom is -0.444 e. The molecule has 14 N–H and O–H groups in total. The molecule has 0 spiro atoms. The lowest BCUT2D eigenvalue weighted by atomic mass is 10.0. The first kappa shape index (κ1) is 70.0. The number of hydrogen-bond acceptors (Lipinski definition) is 15. The molecule has 0 aliphatic rings. The molecule has 0 saturated carbocycles. The van der Waals surface area contributed by atoms with Crippen molar-refractivity contribution in [3.05, 3.63) is 77.4 Å². The van der Waals surface area contributed by atoms with Gasteiger partial charge in [0.2, 0.25) is 11.9 Å². The number of imidazole rings is 3. The summed E-state index contributed by atoms with van der Waals surface area (Å²) in [6, 6.07) is 2.35. The van der Waals surface area contributed by atoms with Gasteiger partial charge in [0.1, 0.15) is 17.0 Å². The Balaban J connectivity index is 0.961. The molecule has 4 amide bonds. The van der Waals surface area contributed by atoms with Gasteiger partial charge >= 0.3 is 6.09 Å². The van der Waals surface area contributed by atoms with Crippen LogP contribution in [0, 0.1) is 0 Å². The van der Waals surface area contributed by atoms with Crippen LogP contribution in [0.4, 0.5) is 28.1 Å². The SMILES string of the molecule is CCCCCCCCCCCCCCCC(N)c1cn(C)c(Nc2cc(C(=O)NCCC(N)c3cn(C)c(Nc4cc(C(=O)NCCC(N)c5cn(C)c(C(=O)NCCC(N)CCCN(C)CCCNC(=O)OC(C)(C)C)n5)n(C)c4)n3)n(C)c2)n1. The Morgan fingerprint density at radius 1 is 0.500 bits per heavy atom. The molecule has 0 bridgehead atoms. The van der Waals surface area contributed by atoms with Gasteiger partial charge in [-0.3, -0.25) is 14.4 Å². The summed E-state index contributed by atoms with van der Waals surface area (Å²) in [7, 11) is 11.2. The van der Waals surface area contributed by atoms with Gasteiger partial charge in [-0.1, -0.05) is 90.4 Å². The van der Waals surface area contributed by atoms with Crippen molar-refractivity contribution in [2.75, 3.05) is 56.9 Å². The number of ether oxygens (including phenoxy) is 1. The molecule has 480 valence electrons. The molecular formula is C62H107N19O5. The minimum absolute atomic E-state index is 0.0702. The second-order valence-corrected chi connectivity index (χ2v) is 24.5. The third kappa shape index (κ3) is 24.2. The van der Waals surface area contributed by atoms with Gasteiger partial charge in [-0.15, -0.1) is 0 Å². The van der Waals surface area contributed by atoms with Crippen LogP contribution in [0.2, 0.25) is 0 Å². The molecule has 4 atom stereocenters. The zero-order valence-electron chi connectivity index (χ0n) is 53.6. The van der Waals surface area contributed by atoms with Crippen LogP contribution in [-0.2, 0) is 40.0 Å². The quantitative estimate of drug-likeness (QED) is 0.0165. The summed E-state index contributed by atoms with van der Waals surface area (Å²) < 4.78 is 14.2. The maximum absolute atomic E-state index is 13.4. The van der Waals surface area contributed by atoms with Crippen molar-refractivity contribution in [3.63, 3.8) is 0 Å². The van der Waals surface area contributed by atoms with E-state index >= 15 is 0 Å². The Morgan fingerprint density at radius 3 is 1.43 bits per heavy atom. The molecule has 86 heavy (non-hydrogen) atoms. The predicted octanol–water partition coefficient (Wildman–Crippen LogP) is 8.25. The molecule has 5 rings (SSSR count). The lowest BCUT2D eigenvalue weighted by molar-refractivity contribution is 0.0525. The summed E-state index contributed by atoms with van der Waals surface area (Å²) in [6.45, 7) is 11.0. The van der Waals surface area contributed by atoms with Crippen molar-refractivity contribution < 1.29 is 23.9 Å². The number of aromatic nitrogens is 8. The van der Waals surface area contributed by atoms with Crippen molar-refractivity contribution in [2.45, 2.75) is 186 Å². The second kappa shape index (κ2) is 35.8. The fourth-order valence-electron chi connectivity index (χ4n) is 10.3. The summed E-state index contributed by atoms with van der Waals surface area (Å²) in [6.07, 6.45) is 30.8. The van der Waals surface area contributed by atoms with E-state index in [1.807, 2.05) is 76.7 Å². The molecule has 0 aromatic carbocycles. The zero-order valence-corrected chi connectivity index (χ0v) is 53.6. The van der Waals surface area contributed by atoms with Crippen LogP contribution in [0.25, 0.3) is 0 Å². The highest BCUT2D eigenvalue weighted by Gasteiger charge is 2.22. The number of aryl methyl sites for hydroxylation is 5. The van der Waals surface area contributed by atoms with Gasteiger partial charge in [0.25, 0.3) is 17.7 Å². The van der Waals surface area contributed by atoms with E-state index in [0.717, 1.165) is 56.6 Å². The number of carbonyl (C=O) groups excluding carboxylic acids is 4. The number of alkyl carbamates (subject to hydrolysis) is 1. The highest BCUT2D eigenvalue weighted by atomic mass is 16.6. The number of nitrogens with zero attached hydrogens (tertiary/aromatic N) is 9. The van der Waals surface area contributed by atoms with Gasteiger partial charge in [0.05, 0.1) is 40.5 Å². The Labute approximate surface area is 511 Å². The van der Waals surface area contributed by atoms with E-state index in [1.165, 1.54) is 77.0 Å². The summed E-state index contributed by atoms with van der Waals surface area (Å²) in [4.78, 5) is 68.0. The molecule has 24 heteroatoms. The lowest BCUT2D eigenvalue weighted by Gasteiger charge is -2.20. The maximum Gasteiger partial charge on any atom is 0.407 e. The first-order valence-corrected chi connectivity index (χ1v) is 31.5. The number of carbonyl (C=O) groups is 4. The highest BCUT2D eigenvalue weighted by Crippen LogP contribution is 2.25. The van der Waals surface area contributed by atoms with E-state index in [-0.39, 0.29) is 42.2 Å². The Kier molecular flexibility index (Phi) is 29.1. The first-order chi connectivity index (χ1) is 41.0. The van der Waals surface area contributed by atoms with Crippen molar-refractivity contribution in [2.24, 2.45) is 58.2 Å². The minimum atomic E-state index is -0.525. The normalized spacial score (nSPS) is 13.2. The number of amides is 4. The standard InChI is InChI=1S/C62H107N19O5/c1-11-12-13-14-15-16-17-18-19-20-21-22-23-27-47(64)51-42-80(9)59(74-51)71-45-37-54(77(6)39-45)57(83)68-34-30-49(66)52-43-81(10)60(75-52)72-46-38-53(78(7)40-46)56(82)67-33-29-48(65)50-41-79(8)55(73-50)58(84)69-32-28-44(63)26-24-35-76(5)36-25-31-70-61(85)86-62(2,3)4/h37-44,47-49H,11-36,63-66H2,1-10H3,(H,67,82)(H,68,83)(H,69,84)(H,70,85)(H,71,74)(H,72,75). The summed E-state index contributed by atoms with van der Waals surface area (Å²) in [5.74, 6) is 0.602. The molecule has 0 aliphatic heterocycles. The summed E-state index contributed by atoms with van der Waals surface area (Å²) in [5.41, 5.74) is 29.9. The number of hydrogen-bond donors (Lipinski definition) is 10. The highest BCUT2D eigenvalue weighted by molar-refractivity contribution is 5.94. The molecule has 4 unspecified atom stereocenters. The maximum atomic E-state index is 13.4. The molecule has 5 aromatic heterocycles. The number of nitrogens with one attached hydrogen (secondary N) is 6. The number of unbranched alkanes of at least 4 members (excludes halogenated alkanes) is 12. The molecule has 24 nitrogen and oxygen atoms in total. The van der Waals surface area contributed by atoms with Crippen LogP contribution < -0.4 is 54.8 Å². The van der Waals surface area contributed by atoms with Gasteiger partial charge in [-0.25, -0.2) is 19.7 Å². The topological polar surface area (TPSA) is 320 Å². The fraction of sp³-hybridized carbons (Fsp3) is 0.661. The van der Waals surface area contributed by atoms with Crippen LogP contribution in [0.3, 0.4) is 0 Å². The Bertz CT molecular complexity index is 2840. The largest absolute Gasteiger partial charge is 0.444 e. The number of anilines is 4. The van der Waals surface area contributed by atoms with Crippen LogP contribution >= 0.6 is 0 Å². The molecule has 0 radical (unpaired) electrons. The fourth-order valence-corrected chi connectivity index (χ4v) is 10.3. The predicted molar refractivity (Wildman–Crippen MR) is 343 cm³/mol. The summed E-state index contributed by atoms with van der Waals surface area (Å²) in [5, 5.41) is 18.3. The van der Waals surface area contributed by atoms with Gasteiger partial charge in [-0.2, -0.15) is 0 Å². The molecule has 5 heterocycles. The molecule has 0 fully saturated rings. The molecule has 0 saturated heterocycles. The Hall–Kier alpha value is -6.73. The number of rotatable bonds is 41. The van der Waals surface area contributed by atoms with Crippen LogP contribution in [0.1, 0.15) is 223 Å². The van der Waals surface area contributed by atoms with Crippen molar-refractivity contribution >= 4 is 47.1 Å². The van der Waals surface area contributed by atoms with Crippen LogP contribution in [0.5, 0.6) is 0 Å². The van der Waals surface area contributed by atoms with Crippen molar-refractivity contribution in [1.82, 2.24) is 64.0 Å². The van der Waals surface area contributed by atoms with Gasteiger partial charge in [0, 0.05) is 104 Å². The Morgan fingerprint density at radius 2 is 0.930 bits per heavy atom. The third-order valence-electron chi connectivity index (χ3n) is 15.4. The van der Waals surface area contributed by atoms with Gasteiger partial charge in [0.15, 0.2) is 5.82 Å². The zero-order chi connectivity index (χ0) is 62.8. The monoisotopic (exact) mass is 1200 g/mol. The van der Waals surface area contributed by atoms with E-state index in [9.17, 15) is 19.2 Å². The third-order valence-corrected chi connectivity index (χ3v) is 15.4. The first-order valence-electron chi connectivity index (χ1n) is 31.5. The van der Waals surface area contributed by atoms with E-state index in [1.54, 1.807) is 52.3 Å². The average Bonchev–Trinajstić information content (AvgIpc) is 3.36. The van der Waals surface area contributed by atoms with Crippen molar-refractivity contribution in [1.29, 1.82) is 0 Å². The van der Waals surface area contributed by atoms with Crippen LogP contribution in [0.15, 0.2) is 43.1 Å². The van der Waals surface area contributed by atoms with Gasteiger partial charge in [-0.05, 0) is 98.0 Å². The molecule has 0 aliphatic carbocycles. The second-order valence-electron chi connectivity index (χ2n) is 24.5. The molecule has 5 aromatic rings. The van der Waals surface area contributed by atoms with E-state index in [4.69, 9.17) is 37.6 Å². The van der Waals surface area contributed by atoms with E-state index in [0.29, 0.717) is 79.3 Å². The smallest absolute Gasteiger partial charge is 0.407 e.